The van der Waals surface area contributed by atoms with E-state index in [-0.39, 0.29) is 0 Å². The maximum absolute atomic E-state index is 5.04. The second-order valence-electron chi connectivity index (χ2n) is 6.00. The summed E-state index contributed by atoms with van der Waals surface area (Å²) in [5.41, 5.74) is 1.06. The third kappa shape index (κ3) is 3.78. The molecule has 124 valence electrons. The average Bonchev–Trinajstić information content (AvgIpc) is 3.00. The van der Waals surface area contributed by atoms with Gasteiger partial charge in [-0.2, -0.15) is 9.97 Å². The fourth-order valence-electron chi connectivity index (χ4n) is 2.78. The highest BCUT2D eigenvalue weighted by molar-refractivity contribution is 5.45. The summed E-state index contributed by atoms with van der Waals surface area (Å²) in [6, 6.07) is 2.04. The number of anilines is 2. The minimum Gasteiger partial charge on any atom is -0.352 e. The molecule has 7 heteroatoms. The Labute approximate surface area is 136 Å². The topological polar surface area (TPSA) is 71.2 Å². The minimum absolute atomic E-state index is 0.566. The van der Waals surface area contributed by atoms with Gasteiger partial charge in [0.05, 0.1) is 6.54 Å². The van der Waals surface area contributed by atoms with Crippen molar-refractivity contribution in [3.8, 4) is 0 Å². The van der Waals surface area contributed by atoms with Crippen LogP contribution in [0, 0.1) is 6.92 Å². The Balaban J connectivity index is 1.82. The number of rotatable bonds is 5. The van der Waals surface area contributed by atoms with Crippen LogP contribution in [0.15, 0.2) is 10.6 Å². The normalized spacial score (nSPS) is 15.0. The summed E-state index contributed by atoms with van der Waals surface area (Å²) in [6.45, 7) is 6.57. The summed E-state index contributed by atoms with van der Waals surface area (Å²) in [7, 11) is 1.99. The Morgan fingerprint density at radius 1 is 1.17 bits per heavy atom. The second-order valence-corrected chi connectivity index (χ2v) is 6.00. The number of piperidine rings is 1. The third-order valence-electron chi connectivity index (χ3n) is 4.09. The van der Waals surface area contributed by atoms with Crippen LogP contribution in [0.25, 0.3) is 0 Å². The molecule has 0 aromatic carbocycles. The molecule has 23 heavy (non-hydrogen) atoms. The van der Waals surface area contributed by atoms with E-state index in [1.54, 1.807) is 6.92 Å². The molecule has 2 aromatic heterocycles. The fraction of sp³-hybridized carbons (Fsp3) is 0.625. The molecule has 0 amide bonds. The molecule has 1 aliphatic heterocycles. The van der Waals surface area contributed by atoms with Crippen molar-refractivity contribution in [2.24, 2.45) is 0 Å². The fourth-order valence-corrected chi connectivity index (χ4v) is 2.78. The second kappa shape index (κ2) is 6.93. The van der Waals surface area contributed by atoms with E-state index in [4.69, 9.17) is 14.5 Å². The zero-order chi connectivity index (χ0) is 16.2. The minimum atomic E-state index is 0.566. The first-order valence-electron chi connectivity index (χ1n) is 8.29. The number of hydrogen-bond acceptors (Lipinski definition) is 7. The van der Waals surface area contributed by atoms with E-state index in [1.807, 2.05) is 18.0 Å². The quantitative estimate of drug-likeness (QED) is 0.838. The highest BCUT2D eigenvalue weighted by Gasteiger charge is 2.17. The van der Waals surface area contributed by atoms with Gasteiger partial charge in [-0.1, -0.05) is 12.1 Å². The van der Waals surface area contributed by atoms with Crippen molar-refractivity contribution in [3.05, 3.63) is 23.5 Å². The Morgan fingerprint density at radius 2 is 1.96 bits per heavy atom. The molecule has 0 aliphatic carbocycles. The van der Waals surface area contributed by atoms with Crippen LogP contribution in [0.3, 0.4) is 0 Å². The van der Waals surface area contributed by atoms with Crippen molar-refractivity contribution in [2.75, 3.05) is 29.9 Å². The molecule has 1 saturated heterocycles. The van der Waals surface area contributed by atoms with Crippen molar-refractivity contribution in [1.29, 1.82) is 0 Å². The molecule has 3 rings (SSSR count). The predicted octanol–water partition coefficient (Wildman–Crippen LogP) is 2.36. The smallest absolute Gasteiger partial charge is 0.227 e. The van der Waals surface area contributed by atoms with E-state index in [9.17, 15) is 0 Å². The van der Waals surface area contributed by atoms with Crippen LogP contribution >= 0.6 is 0 Å². The van der Waals surface area contributed by atoms with Crippen LogP contribution in [-0.4, -0.2) is 40.2 Å². The van der Waals surface area contributed by atoms with E-state index in [0.717, 1.165) is 37.0 Å². The van der Waals surface area contributed by atoms with E-state index in [2.05, 4.69) is 22.0 Å². The summed E-state index contributed by atoms with van der Waals surface area (Å²) < 4.78 is 5.04. The molecule has 0 unspecified atom stereocenters. The lowest BCUT2D eigenvalue weighted by Crippen LogP contribution is -2.32. The van der Waals surface area contributed by atoms with E-state index in [1.165, 1.54) is 19.3 Å². The van der Waals surface area contributed by atoms with Crippen molar-refractivity contribution >= 4 is 11.8 Å². The largest absolute Gasteiger partial charge is 0.352 e. The summed E-state index contributed by atoms with van der Waals surface area (Å²) in [5, 5.41) is 3.95. The molecule has 0 bridgehead atoms. The first-order valence-corrected chi connectivity index (χ1v) is 8.29. The average molecular weight is 316 g/mol. The van der Waals surface area contributed by atoms with Gasteiger partial charge in [-0.25, -0.2) is 4.98 Å². The van der Waals surface area contributed by atoms with Gasteiger partial charge in [0.1, 0.15) is 5.82 Å². The van der Waals surface area contributed by atoms with E-state index in [0.29, 0.717) is 18.3 Å². The Morgan fingerprint density at radius 3 is 2.61 bits per heavy atom. The van der Waals surface area contributed by atoms with Crippen LogP contribution in [0.1, 0.15) is 43.6 Å². The first-order chi connectivity index (χ1) is 11.2. The highest BCUT2D eigenvalue weighted by Crippen LogP contribution is 2.21. The maximum Gasteiger partial charge on any atom is 0.227 e. The van der Waals surface area contributed by atoms with Gasteiger partial charge < -0.3 is 14.3 Å². The SMILES string of the molecule is CCc1cc(N(C)Cc2noc(C)n2)nc(N2CCCCC2)n1. The lowest BCUT2D eigenvalue weighted by atomic mass is 10.1. The number of hydrogen-bond donors (Lipinski definition) is 0. The van der Waals surface area contributed by atoms with Gasteiger partial charge in [0.25, 0.3) is 0 Å². The van der Waals surface area contributed by atoms with E-state index < -0.39 is 0 Å². The van der Waals surface area contributed by atoms with Gasteiger partial charge in [0.2, 0.25) is 11.8 Å². The lowest BCUT2D eigenvalue weighted by Gasteiger charge is -2.28. The first kappa shape index (κ1) is 15.7. The van der Waals surface area contributed by atoms with Crippen LogP contribution < -0.4 is 9.80 Å². The Hall–Kier alpha value is -2.18. The highest BCUT2D eigenvalue weighted by atomic mass is 16.5. The van der Waals surface area contributed by atoms with Crippen molar-refractivity contribution < 1.29 is 4.52 Å². The third-order valence-corrected chi connectivity index (χ3v) is 4.09. The van der Waals surface area contributed by atoms with Gasteiger partial charge in [-0.15, -0.1) is 0 Å². The number of nitrogens with zero attached hydrogens (tertiary/aromatic N) is 6. The summed E-state index contributed by atoms with van der Waals surface area (Å²) >= 11 is 0. The summed E-state index contributed by atoms with van der Waals surface area (Å²) in [5.74, 6) is 3.00. The Kier molecular flexibility index (Phi) is 4.73. The molecule has 1 aliphatic rings. The molecule has 7 nitrogen and oxygen atoms in total. The molecular formula is C16H24N6O. The van der Waals surface area contributed by atoms with Gasteiger partial charge in [0.15, 0.2) is 5.82 Å². The number of aromatic nitrogens is 4. The van der Waals surface area contributed by atoms with Crippen LogP contribution in [0.5, 0.6) is 0 Å². The zero-order valence-electron chi connectivity index (χ0n) is 14.1. The van der Waals surface area contributed by atoms with E-state index >= 15 is 0 Å². The monoisotopic (exact) mass is 316 g/mol. The Bertz CT molecular complexity index is 650. The molecule has 0 radical (unpaired) electrons. The number of aryl methyl sites for hydroxylation is 2. The van der Waals surface area contributed by atoms with Crippen LogP contribution in [0.4, 0.5) is 11.8 Å². The molecule has 0 N–H and O–H groups in total. The molecule has 0 atom stereocenters. The van der Waals surface area contributed by atoms with Gasteiger partial charge in [0, 0.05) is 38.8 Å². The maximum atomic E-state index is 5.04. The molecular weight excluding hydrogens is 292 g/mol. The van der Waals surface area contributed by atoms with Gasteiger partial charge in [-0.3, -0.25) is 0 Å². The molecule has 0 saturated carbocycles. The van der Waals surface area contributed by atoms with Gasteiger partial charge >= 0.3 is 0 Å². The molecule has 3 heterocycles. The molecule has 2 aromatic rings. The summed E-state index contributed by atoms with van der Waals surface area (Å²) in [6.07, 6.45) is 4.62. The molecule has 1 fully saturated rings. The predicted molar refractivity (Wildman–Crippen MR) is 88.6 cm³/mol. The summed E-state index contributed by atoms with van der Waals surface area (Å²) in [4.78, 5) is 18.1. The zero-order valence-corrected chi connectivity index (χ0v) is 14.1. The molecule has 0 spiro atoms. The van der Waals surface area contributed by atoms with Crippen LogP contribution in [0.2, 0.25) is 0 Å². The van der Waals surface area contributed by atoms with Gasteiger partial charge in [-0.05, 0) is 25.7 Å². The standard InChI is InChI=1S/C16H24N6O/c1-4-13-10-15(21(3)11-14-17-12(2)23-20-14)19-16(18-13)22-8-6-5-7-9-22/h10H,4-9,11H2,1-3H3. The lowest BCUT2D eigenvalue weighted by molar-refractivity contribution is 0.387. The van der Waals surface area contributed by atoms with Crippen LogP contribution in [-0.2, 0) is 13.0 Å². The van der Waals surface area contributed by atoms with Crippen molar-refractivity contribution in [3.63, 3.8) is 0 Å². The van der Waals surface area contributed by atoms with Crippen molar-refractivity contribution in [1.82, 2.24) is 20.1 Å². The van der Waals surface area contributed by atoms with Crippen molar-refractivity contribution in [2.45, 2.75) is 46.1 Å².